The number of imidazole rings is 1. The van der Waals surface area contributed by atoms with Crippen molar-refractivity contribution in [2.45, 2.75) is 58.0 Å². The number of ether oxygens (including phenoxy) is 3. The highest BCUT2D eigenvalue weighted by atomic mass is 16.5. The third kappa shape index (κ3) is 4.58. The van der Waals surface area contributed by atoms with Crippen LogP contribution in [0.4, 0.5) is 0 Å². The smallest absolute Gasteiger partial charge is 0.306 e. The van der Waals surface area contributed by atoms with E-state index in [0.29, 0.717) is 13.0 Å². The fourth-order valence-corrected chi connectivity index (χ4v) is 5.85. The summed E-state index contributed by atoms with van der Waals surface area (Å²) in [5, 5.41) is 0. The Bertz CT molecular complexity index is 1500. The number of nitrogens with zero attached hydrogens (tertiary/aromatic N) is 2. The maximum atomic E-state index is 11.7. The van der Waals surface area contributed by atoms with E-state index in [1.54, 1.807) is 0 Å². The SMILES string of the molecule is COC(=O)C[C@@H]1COc2cc(CCc3cccc(-n4c([C@H]5CCCO5)nc5cc(C)ccc54)c3C)ccc21. The van der Waals surface area contributed by atoms with Crippen LogP contribution in [-0.2, 0) is 27.1 Å². The molecule has 2 aliphatic rings. The molecule has 1 fully saturated rings. The minimum atomic E-state index is -0.200. The summed E-state index contributed by atoms with van der Waals surface area (Å²) >= 11 is 0. The van der Waals surface area contributed by atoms with Gasteiger partial charge in [0.05, 0.1) is 36.9 Å². The van der Waals surface area contributed by atoms with Crippen LogP contribution in [0.1, 0.15) is 64.9 Å². The zero-order chi connectivity index (χ0) is 26.2. The Balaban J connectivity index is 1.27. The summed E-state index contributed by atoms with van der Waals surface area (Å²) in [6.07, 6.45) is 4.28. The van der Waals surface area contributed by atoms with Gasteiger partial charge in [-0.2, -0.15) is 0 Å². The van der Waals surface area contributed by atoms with Crippen LogP contribution in [0.25, 0.3) is 16.7 Å². The maximum Gasteiger partial charge on any atom is 0.306 e. The van der Waals surface area contributed by atoms with Gasteiger partial charge in [-0.15, -0.1) is 0 Å². The molecule has 0 spiro atoms. The predicted molar refractivity (Wildman–Crippen MR) is 147 cm³/mol. The normalized spacial score (nSPS) is 18.5. The van der Waals surface area contributed by atoms with Crippen LogP contribution in [0, 0.1) is 13.8 Å². The molecule has 0 aliphatic carbocycles. The van der Waals surface area contributed by atoms with E-state index in [-0.39, 0.29) is 18.0 Å². The van der Waals surface area contributed by atoms with Crippen LogP contribution in [0.3, 0.4) is 0 Å². The van der Waals surface area contributed by atoms with Crippen molar-refractivity contribution in [2.24, 2.45) is 0 Å². The van der Waals surface area contributed by atoms with Gasteiger partial charge in [0.25, 0.3) is 0 Å². The van der Waals surface area contributed by atoms with Crippen molar-refractivity contribution in [1.82, 2.24) is 9.55 Å². The number of hydrogen-bond acceptors (Lipinski definition) is 5. The maximum absolute atomic E-state index is 11.7. The molecule has 1 aromatic heterocycles. The van der Waals surface area contributed by atoms with Gasteiger partial charge in [0.2, 0.25) is 0 Å². The summed E-state index contributed by atoms with van der Waals surface area (Å²) in [6.45, 7) is 5.65. The lowest BCUT2D eigenvalue weighted by atomic mass is 9.94. The molecule has 0 amide bonds. The molecule has 6 rings (SSSR count). The molecule has 2 atom stereocenters. The number of methoxy groups -OCH3 is 1. The minimum Gasteiger partial charge on any atom is -0.493 e. The monoisotopic (exact) mass is 510 g/mol. The Morgan fingerprint density at radius 2 is 2.00 bits per heavy atom. The third-order valence-electron chi connectivity index (χ3n) is 7.99. The Morgan fingerprint density at radius 1 is 1.11 bits per heavy atom. The van der Waals surface area contributed by atoms with Gasteiger partial charge < -0.3 is 14.2 Å². The zero-order valence-electron chi connectivity index (χ0n) is 22.3. The van der Waals surface area contributed by atoms with E-state index in [0.717, 1.165) is 60.5 Å². The predicted octanol–water partition coefficient (Wildman–Crippen LogP) is 6.32. The number of carbonyl (C=O) groups excluding carboxylic acids is 1. The van der Waals surface area contributed by atoms with Crippen LogP contribution >= 0.6 is 0 Å². The van der Waals surface area contributed by atoms with Crippen molar-refractivity contribution in [3.05, 3.63) is 88.2 Å². The number of fused-ring (bicyclic) bond motifs is 2. The van der Waals surface area contributed by atoms with E-state index in [2.05, 4.69) is 73.0 Å². The summed E-state index contributed by atoms with van der Waals surface area (Å²) in [7, 11) is 1.43. The molecule has 38 heavy (non-hydrogen) atoms. The van der Waals surface area contributed by atoms with E-state index in [1.165, 1.54) is 35.1 Å². The largest absolute Gasteiger partial charge is 0.493 e. The fourth-order valence-electron chi connectivity index (χ4n) is 5.85. The number of aryl methyl sites for hydroxylation is 3. The van der Waals surface area contributed by atoms with Crippen molar-refractivity contribution in [3.8, 4) is 11.4 Å². The van der Waals surface area contributed by atoms with Gasteiger partial charge >= 0.3 is 5.97 Å². The molecule has 4 aromatic rings. The molecular formula is C32H34N2O4. The summed E-state index contributed by atoms with van der Waals surface area (Å²) in [5.74, 6) is 1.76. The van der Waals surface area contributed by atoms with Gasteiger partial charge in [0.15, 0.2) is 0 Å². The number of aromatic nitrogens is 2. The van der Waals surface area contributed by atoms with Crippen molar-refractivity contribution in [1.29, 1.82) is 0 Å². The Kier molecular flexibility index (Phi) is 6.66. The molecule has 0 unspecified atom stereocenters. The topological polar surface area (TPSA) is 62.6 Å². The second kappa shape index (κ2) is 10.3. The number of rotatable bonds is 7. The highest BCUT2D eigenvalue weighted by Gasteiger charge is 2.28. The molecule has 196 valence electrons. The third-order valence-corrected chi connectivity index (χ3v) is 7.99. The standard InChI is InChI=1S/C32H34N2O4/c1-20-9-14-28-26(16-20)33-32(29-8-5-15-37-29)34(28)27-7-4-6-23(21(27)2)12-10-22-11-13-25-24(18-31(35)36-3)19-38-30(25)17-22/h4,6-7,9,11,13-14,16-17,24,29H,5,8,10,12,15,18-19H2,1-3H3/t24-,29-/m1/s1. The van der Waals surface area contributed by atoms with Gasteiger partial charge in [-0.3, -0.25) is 9.36 Å². The van der Waals surface area contributed by atoms with Crippen LogP contribution in [0.5, 0.6) is 5.75 Å². The van der Waals surface area contributed by atoms with Crippen molar-refractivity contribution in [2.75, 3.05) is 20.3 Å². The molecule has 2 aliphatic heterocycles. The number of carbonyl (C=O) groups is 1. The molecule has 6 heteroatoms. The van der Waals surface area contributed by atoms with Gasteiger partial charge in [-0.25, -0.2) is 4.98 Å². The van der Waals surface area contributed by atoms with Crippen molar-refractivity contribution in [3.63, 3.8) is 0 Å². The van der Waals surface area contributed by atoms with E-state index < -0.39 is 0 Å². The molecule has 3 heterocycles. The average Bonchev–Trinajstić information content (AvgIpc) is 3.67. The minimum absolute atomic E-state index is 0.0279. The lowest BCUT2D eigenvalue weighted by molar-refractivity contribution is -0.141. The Morgan fingerprint density at radius 3 is 2.82 bits per heavy atom. The molecular weight excluding hydrogens is 476 g/mol. The summed E-state index contributed by atoms with van der Waals surface area (Å²) in [6, 6.07) is 19.5. The van der Waals surface area contributed by atoms with Crippen LogP contribution < -0.4 is 4.74 Å². The zero-order valence-corrected chi connectivity index (χ0v) is 22.3. The number of hydrogen-bond donors (Lipinski definition) is 0. The number of benzene rings is 3. The molecule has 3 aromatic carbocycles. The first-order chi connectivity index (χ1) is 18.5. The lowest BCUT2D eigenvalue weighted by Crippen LogP contribution is -2.09. The van der Waals surface area contributed by atoms with Crippen LogP contribution in [-0.4, -0.2) is 35.8 Å². The van der Waals surface area contributed by atoms with Gasteiger partial charge in [-0.05, 0) is 86.1 Å². The Hall–Kier alpha value is -3.64. The molecule has 0 N–H and O–H groups in total. The van der Waals surface area contributed by atoms with Crippen LogP contribution in [0.2, 0.25) is 0 Å². The Labute approximate surface area is 223 Å². The quantitative estimate of drug-likeness (QED) is 0.272. The molecule has 6 nitrogen and oxygen atoms in total. The summed E-state index contributed by atoms with van der Waals surface area (Å²) in [5.41, 5.74) is 9.44. The molecule has 0 bridgehead atoms. The second-order valence-electron chi connectivity index (χ2n) is 10.5. The van der Waals surface area contributed by atoms with Gasteiger partial charge in [-0.1, -0.05) is 30.3 Å². The first-order valence-electron chi connectivity index (χ1n) is 13.5. The fraction of sp³-hybridized carbons (Fsp3) is 0.375. The lowest BCUT2D eigenvalue weighted by Gasteiger charge is -2.18. The first kappa shape index (κ1) is 24.7. The van der Waals surface area contributed by atoms with Crippen molar-refractivity contribution < 1.29 is 19.0 Å². The molecule has 0 saturated carbocycles. The average molecular weight is 511 g/mol. The molecule has 0 radical (unpaired) electrons. The summed E-state index contributed by atoms with van der Waals surface area (Å²) in [4.78, 5) is 16.8. The molecule has 1 saturated heterocycles. The van der Waals surface area contributed by atoms with E-state index in [9.17, 15) is 4.79 Å². The van der Waals surface area contributed by atoms with Crippen molar-refractivity contribution >= 4 is 17.0 Å². The van der Waals surface area contributed by atoms with E-state index in [4.69, 9.17) is 19.2 Å². The number of esters is 1. The first-order valence-corrected chi connectivity index (χ1v) is 13.5. The second-order valence-corrected chi connectivity index (χ2v) is 10.5. The van der Waals surface area contributed by atoms with Gasteiger partial charge in [0, 0.05) is 18.1 Å². The highest BCUT2D eigenvalue weighted by Crippen LogP contribution is 2.38. The highest BCUT2D eigenvalue weighted by molar-refractivity contribution is 5.79. The van der Waals surface area contributed by atoms with Crippen LogP contribution in [0.15, 0.2) is 54.6 Å². The van der Waals surface area contributed by atoms with E-state index >= 15 is 0 Å². The van der Waals surface area contributed by atoms with Gasteiger partial charge in [0.1, 0.15) is 17.7 Å². The van der Waals surface area contributed by atoms with E-state index in [1.807, 2.05) is 0 Å². The summed E-state index contributed by atoms with van der Waals surface area (Å²) < 4.78 is 19.2.